The maximum Gasteiger partial charge on any atom is 0.241 e. The van der Waals surface area contributed by atoms with Crippen LogP contribution in [0.25, 0.3) is 6.08 Å². The predicted molar refractivity (Wildman–Crippen MR) is 126 cm³/mol. The lowest BCUT2D eigenvalue weighted by molar-refractivity contribution is -0.167. The number of ether oxygens (including phenoxy) is 1. The Bertz CT molecular complexity index is 1170. The van der Waals surface area contributed by atoms with Gasteiger partial charge in [-0.15, -0.1) is 0 Å². The van der Waals surface area contributed by atoms with Crippen LogP contribution in [0.4, 0.5) is 5.69 Å². The van der Waals surface area contributed by atoms with Crippen molar-refractivity contribution < 1.29 is 14.3 Å². The number of benzene rings is 1. The van der Waals surface area contributed by atoms with Crippen LogP contribution in [0.2, 0.25) is 0 Å². The molecule has 4 atom stereocenters. The van der Waals surface area contributed by atoms with Gasteiger partial charge in [0.15, 0.2) is 0 Å². The molecule has 6 aliphatic heterocycles. The minimum Gasteiger partial charge on any atom is -0.483 e. The molecule has 6 heteroatoms. The van der Waals surface area contributed by atoms with Crippen molar-refractivity contribution in [2.45, 2.75) is 81.9 Å². The van der Waals surface area contributed by atoms with E-state index in [0.29, 0.717) is 6.42 Å². The third-order valence-electron chi connectivity index (χ3n) is 10.2. The summed E-state index contributed by atoms with van der Waals surface area (Å²) in [6, 6.07) is 4.14. The fourth-order valence-corrected chi connectivity index (χ4v) is 8.63. The summed E-state index contributed by atoms with van der Waals surface area (Å²) in [6.45, 7) is 10.5. The van der Waals surface area contributed by atoms with Crippen LogP contribution in [-0.2, 0) is 15.0 Å². The number of rotatable bonds is 0. The van der Waals surface area contributed by atoms with E-state index in [-0.39, 0.29) is 39.8 Å². The molecule has 4 saturated heterocycles. The molecule has 6 heterocycles. The van der Waals surface area contributed by atoms with E-state index in [1.54, 1.807) is 0 Å². The van der Waals surface area contributed by atoms with Gasteiger partial charge in [0.25, 0.3) is 0 Å². The van der Waals surface area contributed by atoms with Gasteiger partial charge in [-0.05, 0) is 87.6 Å². The molecule has 1 saturated carbocycles. The van der Waals surface area contributed by atoms with Crippen LogP contribution >= 0.6 is 0 Å². The zero-order valence-corrected chi connectivity index (χ0v) is 20.0. The van der Waals surface area contributed by atoms with E-state index in [4.69, 9.17) is 4.74 Å². The van der Waals surface area contributed by atoms with Crippen molar-refractivity contribution in [2.75, 3.05) is 18.4 Å². The van der Waals surface area contributed by atoms with Crippen LogP contribution in [0, 0.1) is 11.3 Å². The average molecular weight is 448 g/mol. The normalized spacial score (nSPS) is 41.0. The molecular weight excluding hydrogens is 414 g/mol. The van der Waals surface area contributed by atoms with Crippen LogP contribution in [-0.4, -0.2) is 46.5 Å². The van der Waals surface area contributed by atoms with Crippen LogP contribution in [0.3, 0.4) is 0 Å². The van der Waals surface area contributed by atoms with Gasteiger partial charge >= 0.3 is 0 Å². The molecule has 33 heavy (non-hydrogen) atoms. The number of anilines is 1. The number of fused-ring (bicyclic) bond motifs is 5. The molecule has 1 aromatic rings. The maximum absolute atomic E-state index is 14.0. The van der Waals surface area contributed by atoms with E-state index in [2.05, 4.69) is 47.6 Å². The largest absolute Gasteiger partial charge is 0.483 e. The predicted octanol–water partition coefficient (Wildman–Crippen LogP) is 3.60. The first kappa shape index (κ1) is 20.1. The van der Waals surface area contributed by atoms with Crippen molar-refractivity contribution in [1.82, 2.24) is 10.2 Å². The zero-order chi connectivity index (χ0) is 23.0. The first-order valence-electron chi connectivity index (χ1n) is 12.5. The highest BCUT2D eigenvalue weighted by Gasteiger charge is 2.77. The van der Waals surface area contributed by atoms with Crippen molar-refractivity contribution in [3.05, 3.63) is 29.3 Å². The number of nitrogens with one attached hydrogen (secondary N) is 2. The monoisotopic (exact) mass is 447 g/mol. The Labute approximate surface area is 195 Å². The zero-order valence-electron chi connectivity index (χ0n) is 20.0. The minimum absolute atomic E-state index is 0.0751. The van der Waals surface area contributed by atoms with Gasteiger partial charge in [0.05, 0.1) is 16.6 Å². The van der Waals surface area contributed by atoms with Crippen LogP contribution < -0.4 is 15.4 Å². The van der Waals surface area contributed by atoms with Gasteiger partial charge < -0.3 is 15.4 Å². The molecule has 1 aromatic carbocycles. The lowest BCUT2D eigenvalue weighted by Gasteiger charge is -2.63. The van der Waals surface area contributed by atoms with E-state index in [9.17, 15) is 9.59 Å². The summed E-state index contributed by atoms with van der Waals surface area (Å²) >= 11 is 0. The standard InChI is InChI=1S/C27H33N3O3/c1-23(2)11-9-16-18(33-23)8-7-17-20(16)28-22(32)27(17)14-25-15-30-12-6-5-10-26(30,21(31)29-25)13-19(25)24(27,3)4/h7-9,11,19H,5-6,10,12-15H2,1-4H3,(H,28,32)(H,29,31)/t19-,25+,26-,27+/m0/s1. The second kappa shape index (κ2) is 5.65. The fraction of sp³-hybridized carbons (Fsp3) is 0.630. The summed E-state index contributed by atoms with van der Waals surface area (Å²) < 4.78 is 6.20. The van der Waals surface area contributed by atoms with Crippen LogP contribution in [0.1, 0.15) is 70.9 Å². The number of piperidine rings is 3. The highest BCUT2D eigenvalue weighted by atomic mass is 16.5. The van der Waals surface area contributed by atoms with E-state index in [1.165, 1.54) is 0 Å². The SMILES string of the molecule is CC1(C)C=Cc2c(ccc3c2NC(=O)[C@@]32C[C@@]34CN5CCCC[C@]5(C[C@H]3C2(C)C)C(=O)N4)O1. The molecule has 0 unspecified atom stereocenters. The van der Waals surface area contributed by atoms with Crippen molar-refractivity contribution in [3.8, 4) is 5.75 Å². The van der Waals surface area contributed by atoms with E-state index >= 15 is 0 Å². The average Bonchev–Trinajstić information content (AvgIpc) is 3.14. The highest BCUT2D eigenvalue weighted by molar-refractivity contribution is 6.10. The molecule has 5 fully saturated rings. The molecule has 3 spiro atoms. The van der Waals surface area contributed by atoms with E-state index in [1.807, 2.05) is 19.9 Å². The first-order chi connectivity index (χ1) is 15.5. The molecule has 2 bridgehead atoms. The third-order valence-corrected chi connectivity index (χ3v) is 10.2. The first-order valence-corrected chi connectivity index (χ1v) is 12.5. The van der Waals surface area contributed by atoms with Crippen molar-refractivity contribution in [1.29, 1.82) is 0 Å². The lowest BCUT2D eigenvalue weighted by atomic mass is 9.56. The molecule has 0 aromatic heterocycles. The van der Waals surface area contributed by atoms with Gasteiger partial charge in [0, 0.05) is 12.1 Å². The molecule has 2 amide bonds. The Kier molecular flexibility index (Phi) is 3.44. The molecule has 7 aliphatic rings. The third kappa shape index (κ3) is 2.11. The second-order valence-corrected chi connectivity index (χ2v) is 12.5. The Morgan fingerprint density at radius 3 is 2.73 bits per heavy atom. The number of nitrogens with zero attached hydrogens (tertiary/aromatic N) is 1. The number of amides is 2. The van der Waals surface area contributed by atoms with E-state index in [0.717, 1.165) is 61.3 Å². The van der Waals surface area contributed by atoms with Gasteiger partial charge in [-0.25, -0.2) is 0 Å². The Morgan fingerprint density at radius 2 is 1.91 bits per heavy atom. The van der Waals surface area contributed by atoms with Crippen LogP contribution in [0.15, 0.2) is 18.2 Å². The molecule has 1 aliphatic carbocycles. The Morgan fingerprint density at radius 1 is 1.09 bits per heavy atom. The molecule has 8 rings (SSSR count). The number of carbonyl (C=O) groups is 2. The van der Waals surface area contributed by atoms with E-state index < -0.39 is 5.41 Å². The van der Waals surface area contributed by atoms with Gasteiger partial charge in [-0.3, -0.25) is 14.5 Å². The molecule has 0 radical (unpaired) electrons. The molecule has 6 nitrogen and oxygen atoms in total. The van der Waals surface area contributed by atoms with Crippen LogP contribution in [0.5, 0.6) is 5.75 Å². The second-order valence-electron chi connectivity index (χ2n) is 12.5. The number of hydrogen-bond acceptors (Lipinski definition) is 4. The van der Waals surface area contributed by atoms with Crippen molar-refractivity contribution >= 4 is 23.6 Å². The Balaban J connectivity index is 1.40. The summed E-state index contributed by atoms with van der Waals surface area (Å²) in [5.41, 5.74) is 0.853. The summed E-state index contributed by atoms with van der Waals surface area (Å²) in [5, 5.41) is 6.79. The molecular formula is C27H33N3O3. The maximum atomic E-state index is 14.0. The molecule has 174 valence electrons. The number of piperazine rings is 1. The van der Waals surface area contributed by atoms with Gasteiger partial charge in [0.1, 0.15) is 16.9 Å². The summed E-state index contributed by atoms with van der Waals surface area (Å²) in [7, 11) is 0. The minimum atomic E-state index is -0.670. The number of carbonyl (C=O) groups excluding carboxylic acids is 2. The quantitative estimate of drug-likeness (QED) is 0.638. The number of hydrogen-bond donors (Lipinski definition) is 2. The molecule has 2 N–H and O–H groups in total. The summed E-state index contributed by atoms with van der Waals surface area (Å²) in [4.78, 5) is 29.9. The van der Waals surface area contributed by atoms with Gasteiger partial charge in [-0.2, -0.15) is 0 Å². The lowest BCUT2D eigenvalue weighted by Crippen LogP contribution is -2.80. The Hall–Kier alpha value is -2.34. The van der Waals surface area contributed by atoms with Gasteiger partial charge in [-0.1, -0.05) is 19.9 Å². The highest BCUT2D eigenvalue weighted by Crippen LogP contribution is 2.70. The summed E-state index contributed by atoms with van der Waals surface area (Å²) in [6.07, 6.45) is 8.86. The van der Waals surface area contributed by atoms with Gasteiger partial charge in [0.2, 0.25) is 11.8 Å². The summed E-state index contributed by atoms with van der Waals surface area (Å²) in [5.74, 6) is 1.34. The van der Waals surface area contributed by atoms with Crippen molar-refractivity contribution in [2.24, 2.45) is 11.3 Å². The fourth-order valence-electron chi connectivity index (χ4n) is 8.63. The van der Waals surface area contributed by atoms with Crippen molar-refractivity contribution in [3.63, 3.8) is 0 Å². The smallest absolute Gasteiger partial charge is 0.241 e. The topological polar surface area (TPSA) is 70.7 Å².